The molecule has 0 aliphatic carbocycles. The summed E-state index contributed by atoms with van der Waals surface area (Å²) in [6.07, 6.45) is 4.51. The van der Waals surface area contributed by atoms with Crippen molar-refractivity contribution in [1.82, 2.24) is 15.5 Å². The van der Waals surface area contributed by atoms with E-state index in [4.69, 9.17) is 10.3 Å². The largest absolute Gasteiger partial charge is 0.346 e. The van der Waals surface area contributed by atoms with Crippen LogP contribution in [-0.2, 0) is 4.79 Å². The highest BCUT2D eigenvalue weighted by molar-refractivity contribution is 5.85. The van der Waals surface area contributed by atoms with Crippen molar-refractivity contribution in [3.05, 3.63) is 36.2 Å². The summed E-state index contributed by atoms with van der Waals surface area (Å²) in [5.74, 6) is 0.958. The number of hydrogen-bond acceptors (Lipinski definition) is 5. The van der Waals surface area contributed by atoms with Gasteiger partial charge in [-0.2, -0.15) is 4.98 Å². The predicted octanol–water partition coefficient (Wildman–Crippen LogP) is 3.24. The fourth-order valence-electron chi connectivity index (χ4n) is 2.27. The van der Waals surface area contributed by atoms with Crippen molar-refractivity contribution in [3.8, 4) is 11.5 Å². The number of nitrogens with one attached hydrogen (secondary N) is 1. The molecule has 1 heterocycles. The number of carbonyl (C=O) groups excluding carboxylic acids is 1. The van der Waals surface area contributed by atoms with Gasteiger partial charge in [0, 0.05) is 12.0 Å². The highest BCUT2D eigenvalue weighted by Crippen LogP contribution is 2.18. The summed E-state index contributed by atoms with van der Waals surface area (Å²) in [6.45, 7) is 2.57. The molecular weight excluding hydrogens is 328 g/mol. The Labute approximate surface area is 148 Å². The average molecular weight is 353 g/mol. The van der Waals surface area contributed by atoms with Crippen LogP contribution < -0.4 is 11.1 Å². The maximum Gasteiger partial charge on any atom is 0.257 e. The molecule has 2 rings (SSSR count). The number of nitrogens with zero attached hydrogens (tertiary/aromatic N) is 2. The molecule has 0 aliphatic rings. The lowest BCUT2D eigenvalue weighted by atomic mass is 10.1. The first-order chi connectivity index (χ1) is 11.2. The number of benzene rings is 1. The molecule has 0 radical (unpaired) electrons. The van der Waals surface area contributed by atoms with Crippen LogP contribution in [-0.4, -0.2) is 22.6 Å². The van der Waals surface area contributed by atoms with Gasteiger partial charge in [-0.1, -0.05) is 36.2 Å². The van der Waals surface area contributed by atoms with Crippen LogP contribution in [0.1, 0.15) is 50.9 Å². The second-order valence-corrected chi connectivity index (χ2v) is 5.57. The van der Waals surface area contributed by atoms with Crippen LogP contribution in [0.5, 0.6) is 0 Å². The Morgan fingerprint density at radius 1 is 1.21 bits per heavy atom. The Balaban J connectivity index is 0.00000288. The molecule has 7 heteroatoms. The van der Waals surface area contributed by atoms with E-state index in [9.17, 15) is 4.79 Å². The first-order valence-electron chi connectivity index (χ1n) is 8.09. The van der Waals surface area contributed by atoms with Crippen LogP contribution in [0.25, 0.3) is 11.5 Å². The van der Waals surface area contributed by atoms with E-state index in [1.807, 2.05) is 37.3 Å². The lowest BCUT2D eigenvalue weighted by Gasteiger charge is -2.09. The SMILES string of the molecule is CC(NC(=O)CCCCCCN)c1noc(-c2ccccc2)n1.Cl. The summed E-state index contributed by atoms with van der Waals surface area (Å²) < 4.78 is 5.25. The number of carbonyl (C=O) groups is 1. The van der Waals surface area contributed by atoms with E-state index in [0.29, 0.717) is 24.7 Å². The van der Waals surface area contributed by atoms with Crippen LogP contribution in [0.15, 0.2) is 34.9 Å². The molecule has 0 bridgehead atoms. The number of unbranched alkanes of at least 4 members (excludes halogenated alkanes) is 3. The molecule has 24 heavy (non-hydrogen) atoms. The monoisotopic (exact) mass is 352 g/mol. The molecule has 3 N–H and O–H groups in total. The van der Waals surface area contributed by atoms with Gasteiger partial charge in [0.05, 0.1) is 6.04 Å². The van der Waals surface area contributed by atoms with Gasteiger partial charge in [-0.05, 0) is 38.4 Å². The first kappa shape index (κ1) is 20.1. The predicted molar refractivity (Wildman–Crippen MR) is 95.7 cm³/mol. The van der Waals surface area contributed by atoms with Gasteiger partial charge in [0.2, 0.25) is 5.91 Å². The Hall–Kier alpha value is -1.92. The van der Waals surface area contributed by atoms with Gasteiger partial charge in [0.25, 0.3) is 5.89 Å². The molecule has 1 atom stereocenters. The molecule has 1 aromatic heterocycles. The van der Waals surface area contributed by atoms with Crippen molar-refractivity contribution in [1.29, 1.82) is 0 Å². The molecular formula is C17H25ClN4O2. The molecule has 1 amide bonds. The van der Waals surface area contributed by atoms with E-state index in [1.165, 1.54) is 0 Å². The smallest absolute Gasteiger partial charge is 0.257 e. The van der Waals surface area contributed by atoms with E-state index in [1.54, 1.807) is 0 Å². The minimum Gasteiger partial charge on any atom is -0.346 e. The van der Waals surface area contributed by atoms with Crippen molar-refractivity contribution in [3.63, 3.8) is 0 Å². The minimum absolute atomic E-state index is 0. The number of halogens is 1. The Kier molecular flexibility index (Phi) is 9.04. The topological polar surface area (TPSA) is 94.0 Å². The quantitative estimate of drug-likeness (QED) is 0.675. The molecule has 0 spiro atoms. The lowest BCUT2D eigenvalue weighted by Crippen LogP contribution is -2.27. The molecule has 1 unspecified atom stereocenters. The molecule has 132 valence electrons. The van der Waals surface area contributed by atoms with Gasteiger partial charge in [0.1, 0.15) is 0 Å². The minimum atomic E-state index is -0.271. The highest BCUT2D eigenvalue weighted by atomic mass is 35.5. The van der Waals surface area contributed by atoms with Crippen molar-refractivity contribution in [2.24, 2.45) is 5.73 Å². The van der Waals surface area contributed by atoms with E-state index in [2.05, 4.69) is 15.5 Å². The van der Waals surface area contributed by atoms with Crippen molar-refractivity contribution in [2.75, 3.05) is 6.54 Å². The number of hydrogen-bond donors (Lipinski definition) is 2. The van der Waals surface area contributed by atoms with Gasteiger partial charge >= 0.3 is 0 Å². The molecule has 0 aliphatic heterocycles. The maximum atomic E-state index is 11.9. The van der Waals surface area contributed by atoms with E-state index < -0.39 is 0 Å². The van der Waals surface area contributed by atoms with Gasteiger partial charge in [-0.25, -0.2) is 0 Å². The van der Waals surface area contributed by atoms with Crippen LogP contribution in [0.3, 0.4) is 0 Å². The van der Waals surface area contributed by atoms with Gasteiger partial charge in [-0.15, -0.1) is 12.4 Å². The Morgan fingerprint density at radius 2 is 1.92 bits per heavy atom. The fraction of sp³-hybridized carbons (Fsp3) is 0.471. The third-order valence-electron chi connectivity index (χ3n) is 3.59. The molecule has 0 saturated heterocycles. The summed E-state index contributed by atoms with van der Waals surface area (Å²) in [4.78, 5) is 16.3. The molecule has 2 aromatic rings. The van der Waals surface area contributed by atoms with E-state index in [0.717, 1.165) is 31.2 Å². The van der Waals surface area contributed by atoms with Crippen LogP contribution in [0.2, 0.25) is 0 Å². The molecule has 0 fully saturated rings. The number of aromatic nitrogens is 2. The zero-order chi connectivity index (χ0) is 16.5. The normalized spacial score (nSPS) is 11.6. The fourth-order valence-corrected chi connectivity index (χ4v) is 2.27. The van der Waals surface area contributed by atoms with E-state index in [-0.39, 0.29) is 24.4 Å². The standard InChI is InChI=1S/C17H24N4O2.ClH/c1-13(19-15(22)11-7-2-3-8-12-18)16-20-17(23-21-16)14-9-5-4-6-10-14;/h4-6,9-10,13H,2-3,7-8,11-12,18H2,1H3,(H,19,22);1H. The lowest BCUT2D eigenvalue weighted by molar-refractivity contribution is -0.121. The number of nitrogens with two attached hydrogens (primary N) is 1. The third-order valence-corrected chi connectivity index (χ3v) is 3.59. The first-order valence-corrected chi connectivity index (χ1v) is 8.09. The Bertz CT molecular complexity index is 604. The summed E-state index contributed by atoms with van der Waals surface area (Å²) in [5, 5.41) is 6.85. The zero-order valence-electron chi connectivity index (χ0n) is 13.9. The zero-order valence-corrected chi connectivity index (χ0v) is 14.7. The van der Waals surface area contributed by atoms with Crippen LogP contribution in [0.4, 0.5) is 0 Å². The van der Waals surface area contributed by atoms with Crippen LogP contribution in [0, 0.1) is 0 Å². The van der Waals surface area contributed by atoms with Crippen molar-refractivity contribution < 1.29 is 9.32 Å². The van der Waals surface area contributed by atoms with Crippen molar-refractivity contribution in [2.45, 2.75) is 45.1 Å². The summed E-state index contributed by atoms with van der Waals surface area (Å²) >= 11 is 0. The third kappa shape index (κ3) is 6.29. The maximum absolute atomic E-state index is 11.9. The molecule has 1 aromatic carbocycles. The van der Waals surface area contributed by atoms with Gasteiger partial charge < -0.3 is 15.6 Å². The van der Waals surface area contributed by atoms with Crippen LogP contribution >= 0.6 is 12.4 Å². The van der Waals surface area contributed by atoms with Gasteiger partial charge in [-0.3, -0.25) is 4.79 Å². The number of rotatable bonds is 9. The second kappa shape index (κ2) is 10.8. The molecule has 0 saturated carbocycles. The van der Waals surface area contributed by atoms with E-state index >= 15 is 0 Å². The highest BCUT2D eigenvalue weighted by Gasteiger charge is 2.16. The Morgan fingerprint density at radius 3 is 2.62 bits per heavy atom. The second-order valence-electron chi connectivity index (χ2n) is 5.57. The molecule has 6 nitrogen and oxygen atoms in total. The van der Waals surface area contributed by atoms with Crippen molar-refractivity contribution >= 4 is 18.3 Å². The average Bonchev–Trinajstić information content (AvgIpc) is 3.05. The van der Waals surface area contributed by atoms with Gasteiger partial charge in [0.15, 0.2) is 5.82 Å². The summed E-state index contributed by atoms with van der Waals surface area (Å²) in [7, 11) is 0. The number of amides is 1. The summed E-state index contributed by atoms with van der Waals surface area (Å²) in [5.41, 5.74) is 6.31. The summed E-state index contributed by atoms with van der Waals surface area (Å²) in [6, 6.07) is 9.29.